The van der Waals surface area contributed by atoms with Crippen LogP contribution in [0, 0.1) is 0 Å². The molecule has 0 radical (unpaired) electrons. The van der Waals surface area contributed by atoms with Crippen molar-refractivity contribution in [3.05, 3.63) is 170 Å². The summed E-state index contributed by atoms with van der Waals surface area (Å²) in [5.74, 6) is -1.01. The van der Waals surface area contributed by atoms with Crippen molar-refractivity contribution in [2.24, 2.45) is 0 Å². The number of hydrogen-bond acceptors (Lipinski definition) is 6. The average molecular weight is 1140 g/mol. The fourth-order valence-electron chi connectivity index (χ4n) is 8.79. The monoisotopic (exact) mass is 1140 g/mol. The van der Waals surface area contributed by atoms with Gasteiger partial charge in [0, 0.05) is 19.3 Å². The Morgan fingerprint density at radius 3 is 0.723 bits per heavy atom. The maximum Gasteiger partial charge on any atom is 0.306 e. The Hall–Kier alpha value is -5.23. The lowest BCUT2D eigenvalue weighted by molar-refractivity contribution is -0.167. The lowest BCUT2D eigenvalue weighted by Crippen LogP contribution is -2.30. The average Bonchev–Trinajstić information content (AvgIpc) is 3.49. The third-order valence-corrected chi connectivity index (χ3v) is 13.7. The molecule has 83 heavy (non-hydrogen) atoms. The van der Waals surface area contributed by atoms with E-state index in [9.17, 15) is 14.4 Å². The van der Waals surface area contributed by atoms with Crippen LogP contribution in [0.25, 0.3) is 0 Å². The van der Waals surface area contributed by atoms with Crippen molar-refractivity contribution in [2.45, 2.75) is 284 Å². The number of rotatable bonds is 59. The molecule has 0 aliphatic carbocycles. The smallest absolute Gasteiger partial charge is 0.306 e. The number of ether oxygens (including phenoxy) is 3. The Morgan fingerprint density at radius 1 is 0.241 bits per heavy atom. The molecule has 0 aromatic rings. The molecule has 0 aromatic heterocycles. The molecule has 0 spiro atoms. The molecule has 0 N–H and O–H groups in total. The van der Waals surface area contributed by atoms with Crippen LogP contribution in [0.1, 0.15) is 278 Å². The minimum atomic E-state index is -0.827. The Kier molecular flexibility index (Phi) is 64.9. The number of allylic oxidation sites excluding steroid dienone is 28. The minimum absolute atomic E-state index is 0.115. The van der Waals surface area contributed by atoms with Crippen molar-refractivity contribution >= 4 is 17.9 Å². The quantitative estimate of drug-likeness (QED) is 0.0261. The van der Waals surface area contributed by atoms with E-state index in [1.165, 1.54) is 89.9 Å². The minimum Gasteiger partial charge on any atom is -0.462 e. The molecule has 0 saturated heterocycles. The first kappa shape index (κ1) is 77.8. The molecule has 0 rings (SSSR count). The summed E-state index contributed by atoms with van der Waals surface area (Å²) < 4.78 is 16.8. The second-order valence-electron chi connectivity index (χ2n) is 21.6. The van der Waals surface area contributed by atoms with Crippen LogP contribution in [0.5, 0.6) is 0 Å². The SMILES string of the molecule is CC/C=C\C/C=C\C/C=C\C/C=C\C/C=C\C/C=C\CCCCCCCCCCCCCCCCCCC(=O)OCC(COC(=O)CCCCC/C=C\C/C=C\C/C=C\CC)OC(=O)CCC/C=C\C/C=C\C/C=C\C/C=C\C/C=C\CC. The fourth-order valence-corrected chi connectivity index (χ4v) is 8.79. The van der Waals surface area contributed by atoms with Gasteiger partial charge in [0.15, 0.2) is 6.10 Å². The largest absolute Gasteiger partial charge is 0.462 e. The van der Waals surface area contributed by atoms with Crippen molar-refractivity contribution < 1.29 is 28.6 Å². The molecule has 0 aliphatic rings. The molecule has 0 saturated carbocycles. The molecule has 6 nitrogen and oxygen atoms in total. The summed E-state index contributed by atoms with van der Waals surface area (Å²) in [4.78, 5) is 38.3. The van der Waals surface area contributed by atoms with Gasteiger partial charge in [0.05, 0.1) is 0 Å². The number of carbonyl (C=O) groups excluding carboxylic acids is 3. The van der Waals surface area contributed by atoms with E-state index in [2.05, 4.69) is 191 Å². The predicted octanol–water partition coefficient (Wildman–Crippen LogP) is 23.4. The van der Waals surface area contributed by atoms with Gasteiger partial charge in [-0.15, -0.1) is 0 Å². The molecule has 1 atom stereocenters. The molecule has 0 amide bonds. The van der Waals surface area contributed by atoms with Gasteiger partial charge in [-0.1, -0.05) is 287 Å². The van der Waals surface area contributed by atoms with Gasteiger partial charge in [0.1, 0.15) is 13.2 Å². The number of hydrogen-bond donors (Lipinski definition) is 0. The third kappa shape index (κ3) is 67.4. The van der Waals surface area contributed by atoms with Gasteiger partial charge >= 0.3 is 17.9 Å². The lowest BCUT2D eigenvalue weighted by atomic mass is 10.0. The van der Waals surface area contributed by atoms with Crippen LogP contribution in [0.4, 0.5) is 0 Å². The van der Waals surface area contributed by atoms with E-state index in [1.807, 2.05) is 0 Å². The first-order valence-corrected chi connectivity index (χ1v) is 33.6. The van der Waals surface area contributed by atoms with E-state index in [1.54, 1.807) is 0 Å². The summed E-state index contributed by atoms with van der Waals surface area (Å²) in [7, 11) is 0. The standard InChI is InChI=1S/C77H122O6/c1-4-7-10-13-16-19-22-25-27-29-30-31-32-33-34-35-36-37-38-39-40-41-42-43-44-45-46-48-49-52-55-58-61-64-67-70-76(79)82-73-74(72-81-75(78)69-66-63-60-57-54-51-24-21-18-15-12-9-6-3)83-77(80)71-68-65-62-59-56-53-50-47-28-26-23-20-17-14-11-8-5-2/h7-12,16-21,25-28,30-31,33-34,36-37,50-51,53-54,59,62,74H,4-6,13-15,22-24,29,32,35,38-49,52,55-58,60-61,63-73H2,1-3H3/b10-7-,11-8-,12-9-,19-16-,20-17-,21-18-,27-25-,28-26-,31-30-,34-33-,37-36-,53-50-,54-51-,62-59-. The molecular formula is C77H122O6. The van der Waals surface area contributed by atoms with Gasteiger partial charge < -0.3 is 14.2 Å². The van der Waals surface area contributed by atoms with Gasteiger partial charge in [0.2, 0.25) is 0 Å². The summed E-state index contributed by atoms with van der Waals surface area (Å²) in [6, 6.07) is 0. The molecule has 6 heteroatoms. The van der Waals surface area contributed by atoms with E-state index in [4.69, 9.17) is 14.2 Å². The molecule has 0 heterocycles. The number of unbranched alkanes of at least 4 members (excludes halogenated alkanes) is 20. The van der Waals surface area contributed by atoms with Crippen LogP contribution >= 0.6 is 0 Å². The van der Waals surface area contributed by atoms with Gasteiger partial charge in [-0.05, 0) is 141 Å². The van der Waals surface area contributed by atoms with Crippen molar-refractivity contribution in [1.82, 2.24) is 0 Å². The van der Waals surface area contributed by atoms with Crippen LogP contribution in [-0.2, 0) is 28.6 Å². The van der Waals surface area contributed by atoms with E-state index >= 15 is 0 Å². The van der Waals surface area contributed by atoms with Crippen LogP contribution in [0.3, 0.4) is 0 Å². The number of carbonyl (C=O) groups is 3. The maximum absolute atomic E-state index is 12.9. The normalized spacial score (nSPS) is 13.2. The van der Waals surface area contributed by atoms with E-state index in [0.29, 0.717) is 19.3 Å². The van der Waals surface area contributed by atoms with Crippen LogP contribution in [0.15, 0.2) is 170 Å². The highest BCUT2D eigenvalue weighted by atomic mass is 16.6. The summed E-state index contributed by atoms with van der Waals surface area (Å²) in [5, 5.41) is 0. The van der Waals surface area contributed by atoms with Crippen LogP contribution in [0.2, 0.25) is 0 Å². The second kappa shape index (κ2) is 69.3. The summed E-state index contributed by atoms with van der Waals surface area (Å²) in [6.07, 6.45) is 103. The third-order valence-electron chi connectivity index (χ3n) is 13.7. The zero-order valence-corrected chi connectivity index (χ0v) is 53.4. The van der Waals surface area contributed by atoms with Crippen molar-refractivity contribution in [1.29, 1.82) is 0 Å². The highest BCUT2D eigenvalue weighted by molar-refractivity contribution is 5.71. The summed E-state index contributed by atoms with van der Waals surface area (Å²) in [6.45, 7) is 6.22. The molecular weight excluding hydrogens is 1020 g/mol. The van der Waals surface area contributed by atoms with Gasteiger partial charge in [0.25, 0.3) is 0 Å². The van der Waals surface area contributed by atoms with Crippen LogP contribution < -0.4 is 0 Å². The summed E-state index contributed by atoms with van der Waals surface area (Å²) >= 11 is 0. The van der Waals surface area contributed by atoms with Gasteiger partial charge in [-0.2, -0.15) is 0 Å². The predicted molar refractivity (Wildman–Crippen MR) is 361 cm³/mol. The highest BCUT2D eigenvalue weighted by Crippen LogP contribution is 2.16. The van der Waals surface area contributed by atoms with E-state index in [-0.39, 0.29) is 37.5 Å². The fraction of sp³-hybridized carbons (Fsp3) is 0.597. The maximum atomic E-state index is 12.9. The van der Waals surface area contributed by atoms with E-state index in [0.717, 1.165) is 141 Å². The van der Waals surface area contributed by atoms with Crippen molar-refractivity contribution in [3.63, 3.8) is 0 Å². The first-order valence-electron chi connectivity index (χ1n) is 33.6. The van der Waals surface area contributed by atoms with Gasteiger partial charge in [-0.25, -0.2) is 0 Å². The highest BCUT2D eigenvalue weighted by Gasteiger charge is 2.19. The molecule has 0 bridgehead atoms. The molecule has 0 aromatic carbocycles. The topological polar surface area (TPSA) is 78.9 Å². The second-order valence-corrected chi connectivity index (χ2v) is 21.6. The lowest BCUT2D eigenvalue weighted by Gasteiger charge is -2.18. The zero-order valence-electron chi connectivity index (χ0n) is 53.4. The van der Waals surface area contributed by atoms with Crippen molar-refractivity contribution in [3.8, 4) is 0 Å². The Morgan fingerprint density at radius 2 is 0.446 bits per heavy atom. The molecule has 0 fully saturated rings. The van der Waals surface area contributed by atoms with Crippen molar-refractivity contribution in [2.75, 3.05) is 13.2 Å². The molecule has 466 valence electrons. The van der Waals surface area contributed by atoms with Gasteiger partial charge in [-0.3, -0.25) is 14.4 Å². The zero-order chi connectivity index (χ0) is 59.9. The Bertz CT molecular complexity index is 1890. The Balaban J connectivity index is 4.25. The van der Waals surface area contributed by atoms with Crippen LogP contribution in [-0.4, -0.2) is 37.2 Å². The van der Waals surface area contributed by atoms with E-state index < -0.39 is 6.10 Å². The molecule has 0 aliphatic heterocycles. The molecule has 1 unspecified atom stereocenters. The Labute approximate surface area is 511 Å². The summed E-state index contributed by atoms with van der Waals surface area (Å²) in [5.41, 5.74) is 0. The first-order chi connectivity index (χ1) is 41.0. The number of esters is 3.